The molecule has 0 heterocycles. The molecular weight excluding hydrogens is 122 g/mol. The SMILES string of the molecule is N#CC1=CCC2CCC1C2. The lowest BCUT2D eigenvalue weighted by Crippen LogP contribution is -2.04. The van der Waals surface area contributed by atoms with Crippen LogP contribution in [0.25, 0.3) is 0 Å². The van der Waals surface area contributed by atoms with Crippen molar-refractivity contribution in [1.29, 1.82) is 5.26 Å². The third kappa shape index (κ3) is 0.759. The van der Waals surface area contributed by atoms with Crippen LogP contribution in [0.15, 0.2) is 11.6 Å². The Balaban J connectivity index is 2.24. The highest BCUT2D eigenvalue weighted by molar-refractivity contribution is 5.27. The lowest BCUT2D eigenvalue weighted by molar-refractivity contribution is 0.510. The van der Waals surface area contributed by atoms with E-state index in [2.05, 4.69) is 12.1 Å². The Morgan fingerprint density at radius 1 is 1.50 bits per heavy atom. The number of allylic oxidation sites excluding steroid dienone is 2. The first-order chi connectivity index (χ1) is 4.90. The molecule has 0 radical (unpaired) electrons. The highest BCUT2D eigenvalue weighted by atomic mass is 14.4. The van der Waals surface area contributed by atoms with Gasteiger partial charge in [-0.2, -0.15) is 5.26 Å². The fraction of sp³-hybridized carbons (Fsp3) is 0.667. The molecule has 2 bridgehead atoms. The summed E-state index contributed by atoms with van der Waals surface area (Å²) in [7, 11) is 0. The predicted octanol–water partition coefficient (Wildman–Crippen LogP) is 2.26. The van der Waals surface area contributed by atoms with Crippen LogP contribution in [-0.2, 0) is 0 Å². The molecule has 0 N–H and O–H groups in total. The van der Waals surface area contributed by atoms with Crippen LogP contribution in [0.4, 0.5) is 0 Å². The average Bonchev–Trinajstić information content (AvgIpc) is 2.34. The lowest BCUT2D eigenvalue weighted by Gasteiger charge is -2.14. The zero-order valence-electron chi connectivity index (χ0n) is 6.01. The molecule has 2 atom stereocenters. The van der Waals surface area contributed by atoms with Crippen LogP contribution in [-0.4, -0.2) is 0 Å². The quantitative estimate of drug-likeness (QED) is 0.497. The highest BCUT2D eigenvalue weighted by Crippen LogP contribution is 2.41. The van der Waals surface area contributed by atoms with Gasteiger partial charge < -0.3 is 0 Å². The Labute approximate surface area is 61.4 Å². The van der Waals surface area contributed by atoms with Crippen molar-refractivity contribution in [1.82, 2.24) is 0 Å². The first-order valence-corrected chi connectivity index (χ1v) is 4.00. The molecule has 0 saturated heterocycles. The minimum atomic E-state index is 0.642. The van der Waals surface area contributed by atoms with E-state index in [4.69, 9.17) is 5.26 Å². The minimum Gasteiger partial charge on any atom is -0.193 e. The van der Waals surface area contributed by atoms with Gasteiger partial charge in [0.2, 0.25) is 0 Å². The highest BCUT2D eigenvalue weighted by Gasteiger charge is 2.30. The number of rotatable bonds is 0. The van der Waals surface area contributed by atoms with Gasteiger partial charge in [0, 0.05) is 5.57 Å². The summed E-state index contributed by atoms with van der Waals surface area (Å²) in [5.74, 6) is 1.56. The summed E-state index contributed by atoms with van der Waals surface area (Å²) in [5, 5.41) is 8.69. The zero-order valence-corrected chi connectivity index (χ0v) is 6.01. The molecule has 10 heavy (non-hydrogen) atoms. The summed E-state index contributed by atoms with van der Waals surface area (Å²) in [4.78, 5) is 0. The van der Waals surface area contributed by atoms with E-state index in [9.17, 15) is 0 Å². The Hall–Kier alpha value is -0.770. The summed E-state index contributed by atoms with van der Waals surface area (Å²) in [6.45, 7) is 0. The van der Waals surface area contributed by atoms with Crippen molar-refractivity contribution in [2.45, 2.75) is 25.7 Å². The molecule has 0 aliphatic heterocycles. The molecular formula is C9H11N. The molecule has 0 aromatic carbocycles. The maximum Gasteiger partial charge on any atom is 0.0946 e. The van der Waals surface area contributed by atoms with Crippen molar-refractivity contribution < 1.29 is 0 Å². The van der Waals surface area contributed by atoms with Gasteiger partial charge in [-0.15, -0.1) is 0 Å². The van der Waals surface area contributed by atoms with Crippen LogP contribution in [0.1, 0.15) is 25.7 Å². The topological polar surface area (TPSA) is 23.8 Å². The predicted molar refractivity (Wildman–Crippen MR) is 39.1 cm³/mol. The summed E-state index contributed by atoms with van der Waals surface area (Å²) >= 11 is 0. The third-order valence-electron chi connectivity index (χ3n) is 2.78. The summed E-state index contributed by atoms with van der Waals surface area (Å²) < 4.78 is 0. The number of nitrogens with zero attached hydrogens (tertiary/aromatic N) is 1. The Bertz CT molecular complexity index is 209. The second-order valence-corrected chi connectivity index (χ2v) is 3.38. The molecule has 1 saturated carbocycles. The van der Waals surface area contributed by atoms with Crippen LogP contribution >= 0.6 is 0 Å². The van der Waals surface area contributed by atoms with Crippen LogP contribution in [0.3, 0.4) is 0 Å². The first-order valence-electron chi connectivity index (χ1n) is 4.00. The largest absolute Gasteiger partial charge is 0.193 e. The molecule has 0 spiro atoms. The van der Waals surface area contributed by atoms with E-state index in [-0.39, 0.29) is 0 Å². The molecule has 1 nitrogen and oxygen atoms in total. The monoisotopic (exact) mass is 133 g/mol. The summed E-state index contributed by atoms with van der Waals surface area (Å²) in [6, 6.07) is 2.29. The fourth-order valence-electron chi connectivity index (χ4n) is 2.17. The fourth-order valence-corrected chi connectivity index (χ4v) is 2.17. The zero-order chi connectivity index (χ0) is 6.97. The Kier molecular flexibility index (Phi) is 1.27. The Morgan fingerprint density at radius 2 is 2.40 bits per heavy atom. The maximum atomic E-state index is 8.69. The average molecular weight is 133 g/mol. The van der Waals surface area contributed by atoms with Crippen molar-refractivity contribution in [3.63, 3.8) is 0 Å². The molecule has 2 unspecified atom stereocenters. The van der Waals surface area contributed by atoms with Gasteiger partial charge in [0.05, 0.1) is 6.07 Å². The minimum absolute atomic E-state index is 0.642. The lowest BCUT2D eigenvalue weighted by atomic mass is 9.89. The van der Waals surface area contributed by atoms with Crippen molar-refractivity contribution in [2.75, 3.05) is 0 Å². The number of fused-ring (bicyclic) bond motifs is 2. The third-order valence-corrected chi connectivity index (χ3v) is 2.78. The second-order valence-electron chi connectivity index (χ2n) is 3.38. The van der Waals surface area contributed by atoms with Gasteiger partial charge in [-0.25, -0.2) is 0 Å². The molecule has 1 fully saturated rings. The van der Waals surface area contributed by atoms with Crippen molar-refractivity contribution in [3.05, 3.63) is 11.6 Å². The maximum absolute atomic E-state index is 8.69. The van der Waals surface area contributed by atoms with Gasteiger partial charge >= 0.3 is 0 Å². The van der Waals surface area contributed by atoms with Gasteiger partial charge in [0.1, 0.15) is 0 Å². The van der Waals surface area contributed by atoms with Crippen molar-refractivity contribution in [3.8, 4) is 6.07 Å². The number of hydrogen-bond donors (Lipinski definition) is 0. The molecule has 0 amide bonds. The first kappa shape index (κ1) is 5.97. The van der Waals surface area contributed by atoms with Gasteiger partial charge in [-0.3, -0.25) is 0 Å². The number of nitriles is 1. The second kappa shape index (κ2) is 2.12. The molecule has 52 valence electrons. The van der Waals surface area contributed by atoms with Crippen molar-refractivity contribution >= 4 is 0 Å². The standard InChI is InChI=1S/C9H11N/c10-6-9-4-2-7-1-3-8(9)5-7/h4,7-8H,1-3,5H2. The molecule has 0 aromatic rings. The van der Waals surface area contributed by atoms with E-state index in [0.29, 0.717) is 5.92 Å². The smallest absolute Gasteiger partial charge is 0.0946 e. The van der Waals surface area contributed by atoms with Gasteiger partial charge in [-0.1, -0.05) is 6.08 Å². The van der Waals surface area contributed by atoms with Gasteiger partial charge in [0.15, 0.2) is 0 Å². The van der Waals surface area contributed by atoms with Gasteiger partial charge in [-0.05, 0) is 37.5 Å². The van der Waals surface area contributed by atoms with E-state index < -0.39 is 0 Å². The van der Waals surface area contributed by atoms with Crippen LogP contribution in [0.5, 0.6) is 0 Å². The van der Waals surface area contributed by atoms with E-state index in [0.717, 1.165) is 11.5 Å². The summed E-state index contributed by atoms with van der Waals surface area (Å²) in [5.41, 5.74) is 1.06. The van der Waals surface area contributed by atoms with Crippen LogP contribution in [0.2, 0.25) is 0 Å². The molecule has 2 rings (SSSR count). The normalized spacial score (nSPS) is 36.9. The van der Waals surface area contributed by atoms with E-state index >= 15 is 0 Å². The molecule has 1 heteroatoms. The molecule has 2 aliphatic rings. The van der Waals surface area contributed by atoms with Gasteiger partial charge in [0.25, 0.3) is 0 Å². The Morgan fingerprint density at radius 3 is 3.20 bits per heavy atom. The summed E-state index contributed by atoms with van der Waals surface area (Å²) in [6.07, 6.45) is 7.22. The van der Waals surface area contributed by atoms with Crippen LogP contribution in [0, 0.1) is 23.2 Å². The number of hydrogen-bond acceptors (Lipinski definition) is 1. The molecule has 0 aromatic heterocycles. The van der Waals surface area contributed by atoms with E-state index in [1.807, 2.05) is 0 Å². The van der Waals surface area contributed by atoms with E-state index in [1.165, 1.54) is 25.7 Å². The van der Waals surface area contributed by atoms with Crippen LogP contribution < -0.4 is 0 Å². The van der Waals surface area contributed by atoms with Crippen molar-refractivity contribution in [2.24, 2.45) is 11.8 Å². The van der Waals surface area contributed by atoms with E-state index in [1.54, 1.807) is 0 Å². The molecule has 2 aliphatic carbocycles.